The summed E-state index contributed by atoms with van der Waals surface area (Å²) in [5, 5.41) is 7.51. The van der Waals surface area contributed by atoms with Gasteiger partial charge < -0.3 is 20.1 Å². The molecule has 0 atom stereocenters. The lowest BCUT2D eigenvalue weighted by atomic mass is 9.98. The number of hydrogen-bond acceptors (Lipinski definition) is 4. The summed E-state index contributed by atoms with van der Waals surface area (Å²) >= 11 is 6.26. The molecule has 2 N–H and O–H groups in total. The van der Waals surface area contributed by atoms with Crippen molar-refractivity contribution in [3.8, 4) is 11.5 Å². The molecule has 0 spiro atoms. The van der Waals surface area contributed by atoms with Crippen molar-refractivity contribution < 1.29 is 9.47 Å². The standard InChI is InChI=1S/C16H25ClN2O2/c1-3-21-15-9-13(8-14(17)16(15)20-2)11-19-10-12-4-6-18-7-5-12/h8-9,12,18-19H,3-7,10-11H2,1-2H3. The quantitative estimate of drug-likeness (QED) is 0.812. The lowest BCUT2D eigenvalue weighted by Gasteiger charge is -2.23. The Morgan fingerprint density at radius 1 is 1.33 bits per heavy atom. The van der Waals surface area contributed by atoms with Gasteiger partial charge in [0.2, 0.25) is 0 Å². The zero-order valence-corrected chi connectivity index (χ0v) is 13.6. The van der Waals surface area contributed by atoms with Crippen LogP contribution in [-0.2, 0) is 6.54 Å². The number of nitrogens with one attached hydrogen (secondary N) is 2. The summed E-state index contributed by atoms with van der Waals surface area (Å²) in [6.45, 7) is 6.67. The molecule has 0 aromatic heterocycles. The fourth-order valence-corrected chi connectivity index (χ4v) is 3.00. The molecule has 1 heterocycles. The van der Waals surface area contributed by atoms with E-state index in [2.05, 4.69) is 10.6 Å². The topological polar surface area (TPSA) is 42.5 Å². The summed E-state index contributed by atoms with van der Waals surface area (Å²) in [4.78, 5) is 0. The van der Waals surface area contributed by atoms with Gasteiger partial charge in [0.15, 0.2) is 11.5 Å². The molecule has 2 rings (SSSR count). The van der Waals surface area contributed by atoms with Crippen LogP contribution in [-0.4, -0.2) is 33.4 Å². The highest BCUT2D eigenvalue weighted by Crippen LogP contribution is 2.36. The van der Waals surface area contributed by atoms with E-state index in [1.165, 1.54) is 12.8 Å². The Morgan fingerprint density at radius 3 is 2.76 bits per heavy atom. The lowest BCUT2D eigenvalue weighted by molar-refractivity contribution is 0.310. The molecule has 1 aromatic carbocycles. The van der Waals surface area contributed by atoms with Crippen LogP contribution in [0.1, 0.15) is 25.3 Å². The lowest BCUT2D eigenvalue weighted by Crippen LogP contribution is -2.33. The van der Waals surface area contributed by atoms with E-state index in [4.69, 9.17) is 21.1 Å². The van der Waals surface area contributed by atoms with Gasteiger partial charge in [-0.25, -0.2) is 0 Å². The fourth-order valence-electron chi connectivity index (χ4n) is 2.69. The molecule has 0 unspecified atom stereocenters. The van der Waals surface area contributed by atoms with Gasteiger partial charge in [-0.2, -0.15) is 0 Å². The first kappa shape index (κ1) is 16.4. The first-order valence-corrected chi connectivity index (χ1v) is 8.03. The summed E-state index contributed by atoms with van der Waals surface area (Å²) in [5.41, 5.74) is 1.12. The number of halogens is 1. The number of methoxy groups -OCH3 is 1. The second kappa shape index (κ2) is 8.47. The largest absolute Gasteiger partial charge is 0.491 e. The van der Waals surface area contributed by atoms with Crippen molar-refractivity contribution in [3.05, 3.63) is 22.7 Å². The minimum absolute atomic E-state index is 0.596. The Hall–Kier alpha value is -0.970. The van der Waals surface area contributed by atoms with Crippen molar-refractivity contribution in [3.63, 3.8) is 0 Å². The number of piperidine rings is 1. The number of benzene rings is 1. The Morgan fingerprint density at radius 2 is 2.10 bits per heavy atom. The van der Waals surface area contributed by atoms with Gasteiger partial charge in [-0.3, -0.25) is 0 Å². The van der Waals surface area contributed by atoms with E-state index in [9.17, 15) is 0 Å². The van der Waals surface area contributed by atoms with Crippen molar-refractivity contribution >= 4 is 11.6 Å². The minimum atomic E-state index is 0.596. The van der Waals surface area contributed by atoms with Gasteiger partial charge in [0.25, 0.3) is 0 Å². The van der Waals surface area contributed by atoms with Crippen LogP contribution in [0.3, 0.4) is 0 Å². The Balaban J connectivity index is 1.92. The fraction of sp³-hybridized carbons (Fsp3) is 0.625. The van der Waals surface area contributed by atoms with E-state index in [0.717, 1.165) is 37.7 Å². The van der Waals surface area contributed by atoms with E-state index >= 15 is 0 Å². The van der Waals surface area contributed by atoms with Gasteiger partial charge in [-0.05, 0) is 63.0 Å². The highest BCUT2D eigenvalue weighted by Gasteiger charge is 2.14. The van der Waals surface area contributed by atoms with E-state index in [-0.39, 0.29) is 0 Å². The first-order chi connectivity index (χ1) is 10.2. The van der Waals surface area contributed by atoms with Gasteiger partial charge in [-0.15, -0.1) is 0 Å². The average molecular weight is 313 g/mol. The molecule has 5 heteroatoms. The van der Waals surface area contributed by atoms with Crippen molar-refractivity contribution in [2.75, 3.05) is 33.4 Å². The van der Waals surface area contributed by atoms with Gasteiger partial charge >= 0.3 is 0 Å². The highest BCUT2D eigenvalue weighted by molar-refractivity contribution is 6.32. The van der Waals surface area contributed by atoms with Crippen LogP contribution in [0.15, 0.2) is 12.1 Å². The van der Waals surface area contributed by atoms with Crippen LogP contribution < -0.4 is 20.1 Å². The van der Waals surface area contributed by atoms with E-state index in [0.29, 0.717) is 23.1 Å². The molecule has 4 nitrogen and oxygen atoms in total. The molecule has 1 aromatic rings. The van der Waals surface area contributed by atoms with Crippen molar-refractivity contribution in [2.24, 2.45) is 5.92 Å². The molecule has 1 aliphatic rings. The molecule has 21 heavy (non-hydrogen) atoms. The summed E-state index contributed by atoms with van der Waals surface area (Å²) in [5.74, 6) is 2.10. The Kier molecular flexibility index (Phi) is 6.61. The van der Waals surface area contributed by atoms with Gasteiger partial charge in [0.1, 0.15) is 0 Å². The predicted octanol–water partition coefficient (Wildman–Crippen LogP) is 2.84. The van der Waals surface area contributed by atoms with Crippen LogP contribution in [0.4, 0.5) is 0 Å². The smallest absolute Gasteiger partial charge is 0.179 e. The number of ether oxygens (including phenoxy) is 2. The molecule has 0 radical (unpaired) electrons. The molecule has 0 saturated carbocycles. The minimum Gasteiger partial charge on any atom is -0.491 e. The van der Waals surface area contributed by atoms with Crippen LogP contribution in [0.2, 0.25) is 5.02 Å². The third-order valence-corrected chi connectivity index (χ3v) is 4.07. The van der Waals surface area contributed by atoms with Gasteiger partial charge in [-0.1, -0.05) is 11.6 Å². The van der Waals surface area contributed by atoms with Crippen molar-refractivity contribution in [2.45, 2.75) is 26.3 Å². The van der Waals surface area contributed by atoms with Crippen molar-refractivity contribution in [1.29, 1.82) is 0 Å². The third-order valence-electron chi connectivity index (χ3n) is 3.79. The highest BCUT2D eigenvalue weighted by atomic mass is 35.5. The SMILES string of the molecule is CCOc1cc(CNCC2CCNCC2)cc(Cl)c1OC. The van der Waals surface area contributed by atoms with Crippen LogP contribution >= 0.6 is 11.6 Å². The molecule has 1 aliphatic heterocycles. The molecular formula is C16H25ClN2O2. The van der Waals surface area contributed by atoms with E-state index in [1.807, 2.05) is 19.1 Å². The molecule has 1 saturated heterocycles. The maximum absolute atomic E-state index is 6.26. The maximum Gasteiger partial charge on any atom is 0.179 e. The van der Waals surface area contributed by atoms with Gasteiger partial charge in [0.05, 0.1) is 18.7 Å². The summed E-state index contributed by atoms with van der Waals surface area (Å²) in [6.07, 6.45) is 2.50. The average Bonchev–Trinajstić information content (AvgIpc) is 2.48. The Labute approximate surface area is 132 Å². The number of rotatable bonds is 7. The zero-order chi connectivity index (χ0) is 15.1. The Bertz CT molecular complexity index is 448. The molecule has 0 bridgehead atoms. The van der Waals surface area contributed by atoms with Crippen LogP contribution in [0.5, 0.6) is 11.5 Å². The second-order valence-electron chi connectivity index (χ2n) is 5.37. The third kappa shape index (κ3) is 4.77. The summed E-state index contributed by atoms with van der Waals surface area (Å²) in [7, 11) is 1.61. The van der Waals surface area contributed by atoms with E-state index < -0.39 is 0 Å². The monoisotopic (exact) mass is 312 g/mol. The molecule has 0 amide bonds. The maximum atomic E-state index is 6.26. The number of hydrogen-bond donors (Lipinski definition) is 2. The summed E-state index contributed by atoms with van der Waals surface area (Å²) < 4.78 is 10.9. The predicted molar refractivity (Wildman–Crippen MR) is 86.5 cm³/mol. The molecular weight excluding hydrogens is 288 g/mol. The second-order valence-corrected chi connectivity index (χ2v) is 5.77. The first-order valence-electron chi connectivity index (χ1n) is 7.65. The molecule has 1 fully saturated rings. The zero-order valence-electron chi connectivity index (χ0n) is 12.9. The molecule has 0 aliphatic carbocycles. The van der Waals surface area contributed by atoms with Crippen LogP contribution in [0, 0.1) is 5.92 Å². The summed E-state index contributed by atoms with van der Waals surface area (Å²) in [6, 6.07) is 3.95. The van der Waals surface area contributed by atoms with E-state index in [1.54, 1.807) is 7.11 Å². The van der Waals surface area contributed by atoms with Crippen LogP contribution in [0.25, 0.3) is 0 Å². The molecule has 118 valence electrons. The van der Waals surface area contributed by atoms with Crippen molar-refractivity contribution in [1.82, 2.24) is 10.6 Å². The van der Waals surface area contributed by atoms with Gasteiger partial charge in [0, 0.05) is 6.54 Å². The normalized spacial score (nSPS) is 16.0.